The van der Waals surface area contributed by atoms with Crippen LogP contribution < -0.4 is 0 Å². The summed E-state index contributed by atoms with van der Waals surface area (Å²) in [5, 5.41) is 7.95. The SMILES string of the molecule is c1cnc2ccnn2c1.c1cnc2ccnn2c1. The number of aromatic nitrogens is 6. The molecule has 0 aliphatic heterocycles. The van der Waals surface area contributed by atoms with Crippen LogP contribution in [0.3, 0.4) is 0 Å². The lowest BCUT2D eigenvalue weighted by Crippen LogP contribution is -1.85. The quantitative estimate of drug-likeness (QED) is 0.465. The van der Waals surface area contributed by atoms with E-state index < -0.39 is 0 Å². The van der Waals surface area contributed by atoms with Crippen molar-refractivity contribution in [1.29, 1.82) is 0 Å². The summed E-state index contributed by atoms with van der Waals surface area (Å²) in [5.41, 5.74) is 1.77. The average molecular weight is 238 g/mol. The highest BCUT2D eigenvalue weighted by atomic mass is 15.2. The van der Waals surface area contributed by atoms with Gasteiger partial charge in [-0.05, 0) is 12.1 Å². The van der Waals surface area contributed by atoms with Crippen molar-refractivity contribution >= 4 is 11.3 Å². The van der Waals surface area contributed by atoms with Crippen molar-refractivity contribution in [3.63, 3.8) is 0 Å². The summed E-state index contributed by atoms with van der Waals surface area (Å²) in [7, 11) is 0. The number of rotatable bonds is 0. The van der Waals surface area contributed by atoms with Gasteiger partial charge in [0.1, 0.15) is 0 Å². The van der Waals surface area contributed by atoms with Crippen LogP contribution in [0, 0.1) is 0 Å². The van der Waals surface area contributed by atoms with Crippen molar-refractivity contribution in [3.05, 3.63) is 61.4 Å². The molecule has 18 heavy (non-hydrogen) atoms. The minimum absolute atomic E-state index is 0.887. The van der Waals surface area contributed by atoms with E-state index in [-0.39, 0.29) is 0 Å². The molecule has 0 aliphatic rings. The zero-order valence-electron chi connectivity index (χ0n) is 9.46. The number of hydrogen-bond donors (Lipinski definition) is 0. The third-order valence-corrected chi connectivity index (χ3v) is 2.34. The Labute approximate surface area is 103 Å². The molecular weight excluding hydrogens is 228 g/mol. The van der Waals surface area contributed by atoms with Gasteiger partial charge >= 0.3 is 0 Å². The third kappa shape index (κ3) is 2.03. The van der Waals surface area contributed by atoms with Crippen molar-refractivity contribution in [2.45, 2.75) is 0 Å². The van der Waals surface area contributed by atoms with Gasteiger partial charge < -0.3 is 0 Å². The Morgan fingerprint density at radius 1 is 0.667 bits per heavy atom. The molecule has 4 aromatic rings. The second-order valence-corrected chi connectivity index (χ2v) is 3.51. The zero-order chi connectivity index (χ0) is 12.2. The summed E-state index contributed by atoms with van der Waals surface area (Å²) in [6.45, 7) is 0. The first-order valence-corrected chi connectivity index (χ1v) is 5.42. The second kappa shape index (κ2) is 4.62. The van der Waals surface area contributed by atoms with Gasteiger partial charge in [-0.3, -0.25) is 0 Å². The maximum absolute atomic E-state index is 4.04. The Kier molecular flexibility index (Phi) is 2.67. The molecule has 0 N–H and O–H groups in total. The summed E-state index contributed by atoms with van der Waals surface area (Å²) in [4.78, 5) is 8.08. The van der Waals surface area contributed by atoms with Crippen molar-refractivity contribution in [1.82, 2.24) is 29.2 Å². The monoisotopic (exact) mass is 238 g/mol. The van der Waals surface area contributed by atoms with Crippen LogP contribution in [-0.4, -0.2) is 29.2 Å². The molecule has 0 saturated carbocycles. The maximum atomic E-state index is 4.04. The molecule has 88 valence electrons. The molecule has 0 aromatic carbocycles. The van der Waals surface area contributed by atoms with Crippen molar-refractivity contribution < 1.29 is 0 Å². The Morgan fingerprint density at radius 3 is 1.61 bits per heavy atom. The standard InChI is InChI=1S/2C6H5N3/c2*1-3-7-6-2-4-8-9(6)5-1/h2*1-5H. The fourth-order valence-corrected chi connectivity index (χ4v) is 1.53. The Hall–Kier alpha value is -2.76. The first-order chi connectivity index (χ1) is 8.93. The third-order valence-electron chi connectivity index (χ3n) is 2.34. The lowest BCUT2D eigenvalue weighted by molar-refractivity contribution is 0.939. The van der Waals surface area contributed by atoms with Crippen LogP contribution in [0.4, 0.5) is 0 Å². The lowest BCUT2D eigenvalue weighted by Gasteiger charge is -1.85. The first kappa shape index (κ1) is 10.4. The molecule has 6 nitrogen and oxygen atoms in total. The molecule has 0 fully saturated rings. The van der Waals surface area contributed by atoms with Crippen LogP contribution in [0.2, 0.25) is 0 Å². The van der Waals surface area contributed by atoms with Crippen LogP contribution >= 0.6 is 0 Å². The first-order valence-electron chi connectivity index (χ1n) is 5.42. The second-order valence-electron chi connectivity index (χ2n) is 3.51. The van der Waals surface area contributed by atoms with E-state index in [2.05, 4.69) is 20.2 Å². The van der Waals surface area contributed by atoms with Gasteiger partial charge in [0.05, 0.1) is 12.4 Å². The molecule has 0 aliphatic carbocycles. The number of hydrogen-bond acceptors (Lipinski definition) is 4. The van der Waals surface area contributed by atoms with Crippen molar-refractivity contribution in [2.24, 2.45) is 0 Å². The van der Waals surface area contributed by atoms with E-state index in [1.54, 1.807) is 33.8 Å². The molecule has 0 bridgehead atoms. The molecule has 4 aromatic heterocycles. The minimum Gasteiger partial charge on any atom is -0.237 e. The summed E-state index contributed by atoms with van der Waals surface area (Å²) in [5.74, 6) is 0. The average Bonchev–Trinajstić information content (AvgIpc) is 3.08. The summed E-state index contributed by atoms with van der Waals surface area (Å²) < 4.78 is 3.44. The summed E-state index contributed by atoms with van der Waals surface area (Å²) >= 11 is 0. The Balaban J connectivity index is 0.000000111. The van der Waals surface area contributed by atoms with Crippen LogP contribution in [0.25, 0.3) is 11.3 Å². The lowest BCUT2D eigenvalue weighted by atomic mass is 10.6. The van der Waals surface area contributed by atoms with Gasteiger partial charge in [0.15, 0.2) is 11.3 Å². The van der Waals surface area contributed by atoms with Gasteiger partial charge in [-0.25, -0.2) is 19.0 Å². The number of nitrogens with zero attached hydrogens (tertiary/aromatic N) is 6. The molecule has 0 amide bonds. The molecule has 0 unspecified atom stereocenters. The van der Waals surface area contributed by atoms with E-state index in [9.17, 15) is 0 Å². The highest BCUT2D eigenvalue weighted by Crippen LogP contribution is 1.93. The fourth-order valence-electron chi connectivity index (χ4n) is 1.53. The topological polar surface area (TPSA) is 60.4 Å². The maximum Gasteiger partial charge on any atom is 0.154 e. The van der Waals surface area contributed by atoms with Crippen LogP contribution in [0.5, 0.6) is 0 Å². The van der Waals surface area contributed by atoms with Crippen molar-refractivity contribution in [2.75, 3.05) is 0 Å². The minimum atomic E-state index is 0.887. The Morgan fingerprint density at radius 2 is 1.17 bits per heavy atom. The molecule has 0 saturated heterocycles. The van der Waals surface area contributed by atoms with Gasteiger partial charge in [-0.1, -0.05) is 0 Å². The molecule has 4 heterocycles. The van der Waals surface area contributed by atoms with Gasteiger partial charge in [0.25, 0.3) is 0 Å². The predicted molar refractivity (Wildman–Crippen MR) is 66.0 cm³/mol. The highest BCUT2D eigenvalue weighted by molar-refractivity contribution is 5.34. The fraction of sp³-hybridized carbons (Fsp3) is 0. The molecule has 0 atom stereocenters. The van der Waals surface area contributed by atoms with Gasteiger partial charge in [-0.15, -0.1) is 0 Å². The van der Waals surface area contributed by atoms with Gasteiger partial charge in [0.2, 0.25) is 0 Å². The molecule has 0 radical (unpaired) electrons. The summed E-state index contributed by atoms with van der Waals surface area (Å²) in [6.07, 6.45) is 10.7. The highest BCUT2D eigenvalue weighted by Gasteiger charge is 1.87. The van der Waals surface area contributed by atoms with Crippen LogP contribution in [0.15, 0.2) is 61.4 Å². The molecule has 6 heteroatoms. The van der Waals surface area contributed by atoms with E-state index in [0.29, 0.717) is 0 Å². The van der Waals surface area contributed by atoms with E-state index >= 15 is 0 Å². The molecule has 0 spiro atoms. The Bertz CT molecular complexity index is 631. The predicted octanol–water partition coefficient (Wildman–Crippen LogP) is 1.46. The van der Waals surface area contributed by atoms with Gasteiger partial charge in [-0.2, -0.15) is 10.2 Å². The van der Waals surface area contributed by atoms with Crippen molar-refractivity contribution in [3.8, 4) is 0 Å². The van der Waals surface area contributed by atoms with E-state index in [1.807, 2.05) is 36.7 Å². The smallest absolute Gasteiger partial charge is 0.154 e. The van der Waals surface area contributed by atoms with Crippen LogP contribution in [0.1, 0.15) is 0 Å². The van der Waals surface area contributed by atoms with E-state index in [0.717, 1.165) is 11.3 Å². The van der Waals surface area contributed by atoms with E-state index in [1.165, 1.54) is 0 Å². The molecular formula is C12H10N6. The van der Waals surface area contributed by atoms with Gasteiger partial charge in [0, 0.05) is 36.9 Å². The summed E-state index contributed by atoms with van der Waals surface area (Å²) in [6, 6.07) is 7.42. The van der Waals surface area contributed by atoms with Crippen LogP contribution in [-0.2, 0) is 0 Å². The molecule has 4 rings (SSSR count). The largest absolute Gasteiger partial charge is 0.237 e. The number of fused-ring (bicyclic) bond motifs is 2. The van der Waals surface area contributed by atoms with E-state index in [4.69, 9.17) is 0 Å². The zero-order valence-corrected chi connectivity index (χ0v) is 9.46. The normalized spacial score (nSPS) is 10.2.